The Morgan fingerprint density at radius 2 is 1.77 bits per heavy atom. The smallest absolute Gasteiger partial charge is 0.337 e. The summed E-state index contributed by atoms with van der Waals surface area (Å²) in [5.41, 5.74) is 10.1. The monoisotopic (exact) mass is 584 g/mol. The number of benzene rings is 2. The molecule has 0 saturated carbocycles. The summed E-state index contributed by atoms with van der Waals surface area (Å²) in [6, 6.07) is 10.9. The van der Waals surface area contributed by atoms with Gasteiger partial charge < -0.3 is 20.6 Å². The average molecular weight is 585 g/mol. The maximum Gasteiger partial charge on any atom is 0.337 e. The topological polar surface area (TPSA) is 106 Å². The predicted molar refractivity (Wildman–Crippen MR) is 181 cm³/mol. The minimum absolute atomic E-state index is 0.124. The van der Waals surface area contributed by atoms with Gasteiger partial charge in [0.2, 0.25) is 0 Å². The van der Waals surface area contributed by atoms with E-state index in [1.807, 2.05) is 77.1 Å². The van der Waals surface area contributed by atoms with E-state index in [1.165, 1.54) is 7.05 Å². The summed E-state index contributed by atoms with van der Waals surface area (Å²) in [6.07, 6.45) is 9.39. The van der Waals surface area contributed by atoms with Crippen molar-refractivity contribution in [3.8, 4) is 11.3 Å². The fourth-order valence-corrected chi connectivity index (χ4v) is 4.70. The Labute approximate surface area is 256 Å². The predicted octanol–water partition coefficient (Wildman–Crippen LogP) is 7.04. The largest absolute Gasteiger partial charge is 0.478 e. The number of carboxylic acids is 1. The molecule has 0 bridgehead atoms. The van der Waals surface area contributed by atoms with Crippen molar-refractivity contribution in [3.63, 3.8) is 0 Å². The van der Waals surface area contributed by atoms with Gasteiger partial charge in [-0.1, -0.05) is 75.3 Å². The zero-order valence-electron chi connectivity index (χ0n) is 27.1. The first-order chi connectivity index (χ1) is 20.5. The van der Waals surface area contributed by atoms with Crippen LogP contribution in [0.5, 0.6) is 0 Å². The molecule has 3 rings (SSSR count). The summed E-state index contributed by atoms with van der Waals surface area (Å²) in [5, 5.41) is 16.0. The highest BCUT2D eigenvalue weighted by molar-refractivity contribution is 5.92. The fraction of sp³-hybridized carbons (Fsp3) is 0.351. The van der Waals surface area contributed by atoms with Crippen LogP contribution in [-0.2, 0) is 4.79 Å². The maximum atomic E-state index is 13.4. The molecule has 2 aromatic carbocycles. The number of fused-ring (bicyclic) bond motifs is 1. The molecule has 1 atom stereocenters. The van der Waals surface area contributed by atoms with Gasteiger partial charge in [0.15, 0.2) is 5.43 Å². The van der Waals surface area contributed by atoms with E-state index in [1.54, 1.807) is 6.07 Å². The molecule has 0 saturated heterocycles. The number of aryl methyl sites for hydroxylation is 1. The number of rotatable bonds is 11. The molecule has 1 unspecified atom stereocenters. The van der Waals surface area contributed by atoms with Crippen LogP contribution in [0.15, 0.2) is 80.2 Å². The molecule has 0 spiro atoms. The number of unbranched alkanes of at least 4 members (excludes halogenated alkanes) is 1. The summed E-state index contributed by atoms with van der Waals surface area (Å²) in [6.45, 7) is 18.0. The molecule has 230 valence electrons. The Bertz CT molecular complexity index is 1710. The van der Waals surface area contributed by atoms with Gasteiger partial charge in [-0.25, -0.2) is 4.79 Å². The van der Waals surface area contributed by atoms with Gasteiger partial charge in [0.25, 0.3) is 0 Å². The number of hydrogen-bond donors (Lipinski definition) is 3. The molecular formula is C37H48N2O4. The van der Waals surface area contributed by atoms with Gasteiger partial charge in [-0.2, -0.15) is 0 Å². The highest BCUT2D eigenvalue weighted by Gasteiger charge is 2.21. The molecule has 4 N–H and O–H groups in total. The van der Waals surface area contributed by atoms with Gasteiger partial charge in [0, 0.05) is 22.9 Å². The number of hydrogen-bond acceptors (Lipinski definition) is 5. The van der Waals surface area contributed by atoms with E-state index in [0.29, 0.717) is 28.8 Å². The molecular weight excluding hydrogens is 536 g/mol. The fourth-order valence-electron chi connectivity index (χ4n) is 4.70. The molecule has 1 heterocycles. The van der Waals surface area contributed by atoms with E-state index in [-0.39, 0.29) is 17.0 Å². The lowest BCUT2D eigenvalue weighted by Gasteiger charge is -2.21. The van der Waals surface area contributed by atoms with Gasteiger partial charge >= 0.3 is 5.97 Å². The average Bonchev–Trinajstić information content (AvgIpc) is 2.99. The maximum absolute atomic E-state index is 13.4. The zero-order chi connectivity index (χ0) is 32.3. The van der Waals surface area contributed by atoms with Crippen LogP contribution < -0.4 is 26.9 Å². The Morgan fingerprint density at radius 1 is 1.07 bits per heavy atom. The Hall–Kier alpha value is -4.16. The van der Waals surface area contributed by atoms with Crippen molar-refractivity contribution in [2.45, 2.75) is 80.2 Å². The minimum Gasteiger partial charge on any atom is -0.478 e. The quantitative estimate of drug-likeness (QED) is 0.165. The van der Waals surface area contributed by atoms with Crippen LogP contribution in [0.4, 0.5) is 0 Å². The van der Waals surface area contributed by atoms with Crippen molar-refractivity contribution in [1.29, 1.82) is 0 Å². The van der Waals surface area contributed by atoms with E-state index in [9.17, 15) is 14.7 Å². The normalized spacial score (nSPS) is 13.7. The van der Waals surface area contributed by atoms with Crippen molar-refractivity contribution < 1.29 is 14.3 Å². The first-order valence-electron chi connectivity index (χ1n) is 15.0. The van der Waals surface area contributed by atoms with Crippen molar-refractivity contribution in [2.75, 3.05) is 7.05 Å². The Kier molecular flexibility index (Phi) is 13.4. The lowest BCUT2D eigenvalue weighted by Crippen LogP contribution is -2.24. The Morgan fingerprint density at radius 3 is 2.37 bits per heavy atom. The molecule has 0 radical (unpaired) electrons. The van der Waals surface area contributed by atoms with Crippen LogP contribution in [0.25, 0.3) is 34.9 Å². The first kappa shape index (κ1) is 35.0. The summed E-state index contributed by atoms with van der Waals surface area (Å²) in [7, 11) is 1.50. The summed E-state index contributed by atoms with van der Waals surface area (Å²) in [4.78, 5) is 25.8. The molecule has 6 nitrogen and oxygen atoms in total. The van der Waals surface area contributed by atoms with Gasteiger partial charge in [0.05, 0.1) is 17.0 Å². The number of carboxylic acid groups (broad SMARTS) is 1. The highest BCUT2D eigenvalue weighted by Crippen LogP contribution is 2.30. The minimum atomic E-state index is -0.981. The number of aliphatic carboxylic acids is 1. The number of allylic oxidation sites excluding steroid dienone is 4. The molecule has 0 fully saturated rings. The van der Waals surface area contributed by atoms with Crippen LogP contribution in [0.1, 0.15) is 84.4 Å². The van der Waals surface area contributed by atoms with Crippen LogP contribution in [-0.4, -0.2) is 18.1 Å². The number of carbonyl (C=O) groups is 1. The Balaban J connectivity index is 0.00000316. The van der Waals surface area contributed by atoms with Gasteiger partial charge in [-0.15, -0.1) is 0 Å². The summed E-state index contributed by atoms with van der Waals surface area (Å²) < 4.78 is 6.48. The molecule has 0 amide bonds. The third-order valence-electron chi connectivity index (χ3n) is 7.46. The first-order valence-corrected chi connectivity index (χ1v) is 15.0. The number of nitrogens with two attached hydrogens (primary N) is 1. The second kappa shape index (κ2) is 16.5. The molecule has 6 heteroatoms. The van der Waals surface area contributed by atoms with Crippen LogP contribution in [0, 0.1) is 6.92 Å². The van der Waals surface area contributed by atoms with Crippen molar-refractivity contribution in [2.24, 2.45) is 5.73 Å². The van der Waals surface area contributed by atoms with Crippen LogP contribution in [0.2, 0.25) is 0 Å². The molecule has 43 heavy (non-hydrogen) atoms. The van der Waals surface area contributed by atoms with E-state index < -0.39 is 5.97 Å². The van der Waals surface area contributed by atoms with Crippen LogP contribution in [0.3, 0.4) is 0 Å². The van der Waals surface area contributed by atoms with E-state index in [2.05, 4.69) is 37.6 Å². The van der Waals surface area contributed by atoms with Crippen molar-refractivity contribution >= 4 is 29.6 Å². The third kappa shape index (κ3) is 8.91. The third-order valence-corrected chi connectivity index (χ3v) is 7.46. The van der Waals surface area contributed by atoms with Gasteiger partial charge in [-0.3, -0.25) is 4.79 Å². The zero-order valence-corrected chi connectivity index (χ0v) is 27.1. The lowest BCUT2D eigenvalue weighted by molar-refractivity contribution is -0.132. The lowest BCUT2D eigenvalue weighted by atomic mass is 9.98. The molecule has 0 aliphatic heterocycles. The van der Waals surface area contributed by atoms with E-state index in [0.717, 1.165) is 57.5 Å². The van der Waals surface area contributed by atoms with Crippen molar-refractivity contribution in [3.05, 3.63) is 103 Å². The van der Waals surface area contributed by atoms with Gasteiger partial charge in [0.1, 0.15) is 11.3 Å². The molecule has 3 aromatic rings. The second-order valence-corrected chi connectivity index (χ2v) is 10.7. The number of nitrogens with one attached hydrogen (secondary N) is 1. The highest BCUT2D eigenvalue weighted by atomic mass is 16.4. The van der Waals surface area contributed by atoms with E-state index >= 15 is 0 Å². The molecule has 0 aliphatic rings. The second-order valence-electron chi connectivity index (χ2n) is 10.7. The molecule has 1 aromatic heterocycles. The molecule has 0 aliphatic carbocycles. The summed E-state index contributed by atoms with van der Waals surface area (Å²) in [5.74, 6) is -0.499. The summed E-state index contributed by atoms with van der Waals surface area (Å²) >= 11 is 0. The van der Waals surface area contributed by atoms with Crippen molar-refractivity contribution in [1.82, 2.24) is 5.32 Å². The van der Waals surface area contributed by atoms with Crippen LogP contribution >= 0.6 is 0 Å². The van der Waals surface area contributed by atoms with Gasteiger partial charge in [-0.05, 0) is 88.2 Å². The standard InChI is InChI=1S/C36H43NO4.CH5N/c1-9-12-13-27-20-28(16-15-25(27)7)33-21-32(38)30-19-23(5)18-29(35(30)41-33)26(8)37-31(17-14-22(4)10-2)34(36(39)40)24(6)11-3;1-2/h13-21,26,37H,7,9-12H2,1-6,8H3,(H,39,40);2H2,1H3/b22-14+,27-13-,31-17+,34-24+;. The SMILES string of the molecule is C=c1ccc(-c2cc(=O)c3cc(C)cc(C(C)NC(=C/C=C(\C)CC)/C(C(=O)O)=C(/C)CC)c3o2)c/c1=C/CCC.CN. The van der Waals surface area contributed by atoms with E-state index in [4.69, 9.17) is 4.42 Å².